The molecule has 2 aromatic carbocycles. The average Bonchev–Trinajstić information content (AvgIpc) is 2.53. The summed E-state index contributed by atoms with van der Waals surface area (Å²) in [7, 11) is 0. The molecular formula is C18H19ClN2O2. The van der Waals surface area contributed by atoms with Crippen LogP contribution in [0.3, 0.4) is 0 Å². The van der Waals surface area contributed by atoms with E-state index in [1.165, 1.54) is 0 Å². The predicted molar refractivity (Wildman–Crippen MR) is 93.0 cm³/mol. The molecule has 0 saturated carbocycles. The second-order valence-corrected chi connectivity index (χ2v) is 6.03. The molecule has 0 bridgehead atoms. The molecule has 0 unspecified atom stereocenters. The highest BCUT2D eigenvalue weighted by molar-refractivity contribution is 6.34. The number of rotatable bonds is 5. The first kappa shape index (κ1) is 17.0. The lowest BCUT2D eigenvalue weighted by Gasteiger charge is -2.10. The van der Waals surface area contributed by atoms with Gasteiger partial charge in [-0.2, -0.15) is 0 Å². The Morgan fingerprint density at radius 2 is 1.78 bits per heavy atom. The van der Waals surface area contributed by atoms with Crippen molar-refractivity contribution in [2.24, 2.45) is 5.92 Å². The Labute approximate surface area is 140 Å². The molecule has 0 atom stereocenters. The van der Waals surface area contributed by atoms with Crippen molar-refractivity contribution in [3.05, 3.63) is 64.7 Å². The summed E-state index contributed by atoms with van der Waals surface area (Å²) in [6.07, 6.45) is 0. The van der Waals surface area contributed by atoms with Gasteiger partial charge in [-0.1, -0.05) is 43.6 Å². The van der Waals surface area contributed by atoms with E-state index in [0.29, 0.717) is 34.3 Å². The van der Waals surface area contributed by atoms with Gasteiger partial charge in [-0.15, -0.1) is 0 Å². The number of amides is 2. The zero-order valence-electron chi connectivity index (χ0n) is 13.1. The van der Waals surface area contributed by atoms with Crippen LogP contribution < -0.4 is 10.6 Å². The summed E-state index contributed by atoms with van der Waals surface area (Å²) in [4.78, 5) is 24.3. The quantitative estimate of drug-likeness (QED) is 0.871. The molecule has 2 aromatic rings. The second kappa shape index (κ2) is 7.79. The van der Waals surface area contributed by atoms with E-state index in [4.69, 9.17) is 11.6 Å². The van der Waals surface area contributed by atoms with Gasteiger partial charge in [0.05, 0.1) is 10.6 Å². The van der Waals surface area contributed by atoms with Crippen LogP contribution in [-0.4, -0.2) is 18.4 Å². The molecular weight excluding hydrogens is 312 g/mol. The molecule has 23 heavy (non-hydrogen) atoms. The Hall–Kier alpha value is -2.33. The molecule has 120 valence electrons. The fourth-order valence-corrected chi connectivity index (χ4v) is 2.20. The van der Waals surface area contributed by atoms with Crippen molar-refractivity contribution in [1.82, 2.24) is 5.32 Å². The van der Waals surface area contributed by atoms with Crippen molar-refractivity contribution in [3.8, 4) is 0 Å². The summed E-state index contributed by atoms with van der Waals surface area (Å²) in [5.41, 5.74) is 1.44. The molecule has 0 aliphatic heterocycles. The topological polar surface area (TPSA) is 58.2 Å². The van der Waals surface area contributed by atoms with Crippen LogP contribution in [0.1, 0.15) is 34.6 Å². The maximum atomic E-state index is 12.2. The third-order valence-corrected chi connectivity index (χ3v) is 3.50. The molecule has 0 spiro atoms. The number of nitrogens with one attached hydrogen (secondary N) is 2. The third kappa shape index (κ3) is 4.83. The fourth-order valence-electron chi connectivity index (χ4n) is 1.98. The van der Waals surface area contributed by atoms with E-state index >= 15 is 0 Å². The van der Waals surface area contributed by atoms with Crippen molar-refractivity contribution < 1.29 is 9.59 Å². The van der Waals surface area contributed by atoms with Gasteiger partial charge in [-0.25, -0.2) is 0 Å². The standard InChI is InChI=1S/C18H19ClN2O2/c1-12(2)11-20-17(22)13-6-5-7-14(10-13)21-18(23)15-8-3-4-9-16(15)19/h3-10,12H,11H2,1-2H3,(H,20,22)(H,21,23). The van der Waals surface area contributed by atoms with Crippen LogP contribution in [0.4, 0.5) is 5.69 Å². The predicted octanol–water partition coefficient (Wildman–Crippen LogP) is 3.98. The van der Waals surface area contributed by atoms with Gasteiger partial charge in [0.2, 0.25) is 0 Å². The Bertz CT molecular complexity index is 714. The molecule has 0 fully saturated rings. The van der Waals surface area contributed by atoms with E-state index in [2.05, 4.69) is 10.6 Å². The smallest absolute Gasteiger partial charge is 0.257 e. The van der Waals surface area contributed by atoms with E-state index in [1.807, 2.05) is 13.8 Å². The van der Waals surface area contributed by atoms with Crippen LogP contribution in [0.15, 0.2) is 48.5 Å². The van der Waals surface area contributed by atoms with Crippen molar-refractivity contribution in [1.29, 1.82) is 0 Å². The molecule has 5 heteroatoms. The van der Waals surface area contributed by atoms with Gasteiger partial charge in [0.25, 0.3) is 11.8 Å². The fraction of sp³-hybridized carbons (Fsp3) is 0.222. The number of hydrogen-bond acceptors (Lipinski definition) is 2. The number of halogens is 1. The van der Waals surface area contributed by atoms with Crippen LogP contribution >= 0.6 is 11.6 Å². The van der Waals surface area contributed by atoms with Crippen LogP contribution in [0.25, 0.3) is 0 Å². The number of benzene rings is 2. The van der Waals surface area contributed by atoms with E-state index in [-0.39, 0.29) is 11.8 Å². The lowest BCUT2D eigenvalue weighted by molar-refractivity contribution is 0.0947. The van der Waals surface area contributed by atoms with E-state index in [1.54, 1.807) is 48.5 Å². The van der Waals surface area contributed by atoms with Crippen molar-refractivity contribution in [2.75, 3.05) is 11.9 Å². The van der Waals surface area contributed by atoms with Gasteiger partial charge in [0, 0.05) is 17.8 Å². The summed E-state index contributed by atoms with van der Waals surface area (Å²) >= 11 is 6.01. The largest absolute Gasteiger partial charge is 0.352 e. The van der Waals surface area contributed by atoms with Crippen LogP contribution in [0, 0.1) is 5.92 Å². The molecule has 0 heterocycles. The minimum Gasteiger partial charge on any atom is -0.352 e. The SMILES string of the molecule is CC(C)CNC(=O)c1cccc(NC(=O)c2ccccc2Cl)c1. The molecule has 0 aliphatic carbocycles. The monoisotopic (exact) mass is 330 g/mol. The summed E-state index contributed by atoms with van der Waals surface area (Å²) in [6, 6.07) is 13.6. The lowest BCUT2D eigenvalue weighted by atomic mass is 10.1. The normalized spacial score (nSPS) is 10.4. The Kier molecular flexibility index (Phi) is 5.77. The number of carbonyl (C=O) groups excluding carboxylic acids is 2. The maximum Gasteiger partial charge on any atom is 0.257 e. The van der Waals surface area contributed by atoms with E-state index in [0.717, 1.165) is 0 Å². The summed E-state index contributed by atoms with van der Waals surface area (Å²) in [6.45, 7) is 4.66. The molecule has 0 radical (unpaired) electrons. The lowest BCUT2D eigenvalue weighted by Crippen LogP contribution is -2.27. The highest BCUT2D eigenvalue weighted by Crippen LogP contribution is 2.18. The summed E-state index contributed by atoms with van der Waals surface area (Å²) in [5.74, 6) is -0.0926. The van der Waals surface area contributed by atoms with E-state index < -0.39 is 0 Å². The average molecular weight is 331 g/mol. The van der Waals surface area contributed by atoms with Crippen LogP contribution in [0.5, 0.6) is 0 Å². The molecule has 0 saturated heterocycles. The van der Waals surface area contributed by atoms with Gasteiger partial charge in [0.15, 0.2) is 0 Å². The van der Waals surface area contributed by atoms with Crippen molar-refractivity contribution >= 4 is 29.1 Å². The van der Waals surface area contributed by atoms with Gasteiger partial charge in [-0.05, 0) is 36.2 Å². The minimum absolute atomic E-state index is 0.160. The first-order valence-corrected chi connectivity index (χ1v) is 7.79. The molecule has 4 nitrogen and oxygen atoms in total. The number of carbonyl (C=O) groups is 2. The highest BCUT2D eigenvalue weighted by atomic mass is 35.5. The van der Waals surface area contributed by atoms with Crippen molar-refractivity contribution in [2.45, 2.75) is 13.8 Å². The Morgan fingerprint density at radius 3 is 2.48 bits per heavy atom. The van der Waals surface area contributed by atoms with E-state index in [9.17, 15) is 9.59 Å². The molecule has 2 amide bonds. The third-order valence-electron chi connectivity index (χ3n) is 3.17. The van der Waals surface area contributed by atoms with Gasteiger partial charge >= 0.3 is 0 Å². The Morgan fingerprint density at radius 1 is 1.04 bits per heavy atom. The number of hydrogen-bond donors (Lipinski definition) is 2. The number of anilines is 1. The minimum atomic E-state index is -0.310. The zero-order chi connectivity index (χ0) is 16.8. The van der Waals surface area contributed by atoms with Gasteiger partial charge < -0.3 is 10.6 Å². The van der Waals surface area contributed by atoms with Gasteiger partial charge in [0.1, 0.15) is 0 Å². The first-order valence-electron chi connectivity index (χ1n) is 7.41. The second-order valence-electron chi connectivity index (χ2n) is 5.62. The zero-order valence-corrected chi connectivity index (χ0v) is 13.9. The molecule has 2 N–H and O–H groups in total. The molecule has 2 rings (SSSR count). The Balaban J connectivity index is 2.09. The summed E-state index contributed by atoms with van der Waals surface area (Å²) in [5, 5.41) is 5.99. The maximum absolute atomic E-state index is 12.2. The first-order chi connectivity index (χ1) is 11.0. The van der Waals surface area contributed by atoms with Crippen molar-refractivity contribution in [3.63, 3.8) is 0 Å². The highest BCUT2D eigenvalue weighted by Gasteiger charge is 2.11. The summed E-state index contributed by atoms with van der Waals surface area (Å²) < 4.78 is 0. The van der Waals surface area contributed by atoms with Crippen LogP contribution in [-0.2, 0) is 0 Å². The van der Waals surface area contributed by atoms with Crippen LogP contribution in [0.2, 0.25) is 5.02 Å². The molecule has 0 aromatic heterocycles. The van der Waals surface area contributed by atoms with Gasteiger partial charge in [-0.3, -0.25) is 9.59 Å². The molecule has 0 aliphatic rings.